The first-order chi connectivity index (χ1) is 17.2. The Balaban J connectivity index is 1.98. The quantitative estimate of drug-likeness (QED) is 0.484. The summed E-state index contributed by atoms with van der Waals surface area (Å²) in [5, 5.41) is 2.60. The van der Waals surface area contributed by atoms with Crippen molar-refractivity contribution < 1.29 is 32.2 Å². The first-order valence-electron chi connectivity index (χ1n) is 11.8. The summed E-state index contributed by atoms with van der Waals surface area (Å²) in [5.74, 6) is 0.470. The monoisotopic (exact) mass is 519 g/mol. The standard InChI is InChI=1S/C25H33N3O7S/c1-5-21(25(30)26-3)27(16-18-8-7-9-20(14-18)33-4)24(29)17-28(36(31,32)6-2)19-10-11-22-23(15-19)35-13-12-34-22/h7-11,14-15,21H,5-6,12-13,16-17H2,1-4H3,(H,26,30)/t21-/m1/s1. The SMILES string of the molecule is CC[C@H](C(=O)NC)N(Cc1cccc(OC)c1)C(=O)CN(c1ccc2c(c1)OCCO2)S(=O)(=O)CC. The Hall–Kier alpha value is -3.47. The van der Waals surface area contributed by atoms with E-state index in [0.29, 0.717) is 36.9 Å². The third-order valence-electron chi connectivity index (χ3n) is 5.91. The maximum absolute atomic E-state index is 13.7. The van der Waals surface area contributed by atoms with Crippen molar-refractivity contribution in [3.8, 4) is 17.2 Å². The van der Waals surface area contributed by atoms with Gasteiger partial charge in [0.1, 0.15) is 31.5 Å². The molecule has 0 unspecified atom stereocenters. The molecule has 196 valence electrons. The molecule has 0 saturated heterocycles. The van der Waals surface area contributed by atoms with E-state index in [1.54, 1.807) is 50.4 Å². The van der Waals surface area contributed by atoms with Gasteiger partial charge in [0.15, 0.2) is 11.5 Å². The van der Waals surface area contributed by atoms with Crippen LogP contribution in [0.1, 0.15) is 25.8 Å². The number of hydrogen-bond acceptors (Lipinski definition) is 7. The zero-order valence-corrected chi connectivity index (χ0v) is 21.8. The molecule has 3 rings (SSSR count). The second-order valence-electron chi connectivity index (χ2n) is 8.15. The number of ether oxygens (including phenoxy) is 3. The van der Waals surface area contributed by atoms with Crippen LogP contribution in [0, 0.1) is 0 Å². The predicted octanol–water partition coefficient (Wildman–Crippen LogP) is 2.18. The molecule has 11 heteroatoms. The average Bonchev–Trinajstić information content (AvgIpc) is 2.90. The summed E-state index contributed by atoms with van der Waals surface area (Å²) >= 11 is 0. The van der Waals surface area contributed by atoms with Crippen LogP contribution in [-0.4, -0.2) is 70.8 Å². The van der Waals surface area contributed by atoms with Crippen LogP contribution in [0.2, 0.25) is 0 Å². The highest BCUT2D eigenvalue weighted by atomic mass is 32.2. The van der Waals surface area contributed by atoms with Crippen molar-refractivity contribution in [2.75, 3.05) is 44.0 Å². The number of carbonyl (C=O) groups is 2. The van der Waals surface area contributed by atoms with Crippen LogP contribution in [-0.2, 0) is 26.2 Å². The molecule has 1 heterocycles. The molecule has 0 aromatic heterocycles. The van der Waals surface area contributed by atoms with E-state index < -0.39 is 28.5 Å². The highest BCUT2D eigenvalue weighted by molar-refractivity contribution is 7.92. The van der Waals surface area contributed by atoms with E-state index in [-0.39, 0.29) is 23.9 Å². The number of fused-ring (bicyclic) bond motifs is 1. The van der Waals surface area contributed by atoms with Crippen molar-refractivity contribution in [1.82, 2.24) is 10.2 Å². The molecule has 0 aliphatic carbocycles. The number of hydrogen-bond donors (Lipinski definition) is 1. The maximum Gasteiger partial charge on any atom is 0.244 e. The molecule has 0 saturated carbocycles. The average molecular weight is 520 g/mol. The van der Waals surface area contributed by atoms with Crippen LogP contribution >= 0.6 is 0 Å². The molecule has 1 aliphatic heterocycles. The first-order valence-corrected chi connectivity index (χ1v) is 13.4. The van der Waals surface area contributed by atoms with Crippen molar-refractivity contribution in [1.29, 1.82) is 0 Å². The molecule has 1 atom stereocenters. The Labute approximate surface area is 212 Å². The van der Waals surface area contributed by atoms with Crippen LogP contribution in [0.15, 0.2) is 42.5 Å². The van der Waals surface area contributed by atoms with Gasteiger partial charge >= 0.3 is 0 Å². The summed E-state index contributed by atoms with van der Waals surface area (Å²) in [5.41, 5.74) is 1.03. The molecule has 0 spiro atoms. The molecule has 36 heavy (non-hydrogen) atoms. The molecule has 0 bridgehead atoms. The lowest BCUT2D eigenvalue weighted by molar-refractivity contribution is -0.140. The Morgan fingerprint density at radius 1 is 1.08 bits per heavy atom. The highest BCUT2D eigenvalue weighted by Gasteiger charge is 2.32. The number of anilines is 1. The van der Waals surface area contributed by atoms with Gasteiger partial charge in [0.25, 0.3) is 0 Å². The summed E-state index contributed by atoms with van der Waals surface area (Å²) in [6, 6.07) is 11.1. The van der Waals surface area contributed by atoms with Gasteiger partial charge in [0.2, 0.25) is 21.8 Å². The third-order valence-corrected chi connectivity index (χ3v) is 7.65. The van der Waals surface area contributed by atoms with Gasteiger partial charge in [0, 0.05) is 19.7 Å². The van der Waals surface area contributed by atoms with Crippen molar-refractivity contribution >= 4 is 27.5 Å². The van der Waals surface area contributed by atoms with Gasteiger partial charge in [0.05, 0.1) is 18.6 Å². The van der Waals surface area contributed by atoms with Crippen molar-refractivity contribution in [3.05, 3.63) is 48.0 Å². The Morgan fingerprint density at radius 3 is 2.44 bits per heavy atom. The maximum atomic E-state index is 13.7. The zero-order chi connectivity index (χ0) is 26.3. The van der Waals surface area contributed by atoms with Gasteiger partial charge in [-0.2, -0.15) is 0 Å². The fourth-order valence-electron chi connectivity index (χ4n) is 3.96. The lowest BCUT2D eigenvalue weighted by atomic mass is 10.1. The fraction of sp³-hybridized carbons (Fsp3) is 0.440. The molecule has 2 amide bonds. The van der Waals surface area contributed by atoms with E-state index >= 15 is 0 Å². The smallest absolute Gasteiger partial charge is 0.244 e. The van der Waals surface area contributed by atoms with E-state index in [4.69, 9.17) is 14.2 Å². The van der Waals surface area contributed by atoms with Crippen LogP contribution in [0.5, 0.6) is 17.2 Å². The Morgan fingerprint density at radius 2 is 1.81 bits per heavy atom. The van der Waals surface area contributed by atoms with Crippen LogP contribution < -0.4 is 23.8 Å². The predicted molar refractivity (Wildman–Crippen MR) is 136 cm³/mol. The molecule has 0 radical (unpaired) electrons. The van der Waals surface area contributed by atoms with E-state index in [2.05, 4.69) is 5.32 Å². The number of methoxy groups -OCH3 is 1. The summed E-state index contributed by atoms with van der Waals surface area (Å²) in [7, 11) is -0.795. The number of rotatable bonds is 11. The molecular weight excluding hydrogens is 486 g/mol. The lowest BCUT2D eigenvalue weighted by Crippen LogP contribution is -2.52. The van der Waals surface area contributed by atoms with Crippen molar-refractivity contribution in [2.45, 2.75) is 32.9 Å². The van der Waals surface area contributed by atoms with Crippen LogP contribution in [0.4, 0.5) is 5.69 Å². The Kier molecular flexibility index (Phi) is 9.03. The van der Waals surface area contributed by atoms with Gasteiger partial charge in [-0.05, 0) is 43.2 Å². The van der Waals surface area contributed by atoms with Crippen molar-refractivity contribution in [3.63, 3.8) is 0 Å². The number of benzene rings is 2. The van der Waals surface area contributed by atoms with Gasteiger partial charge in [-0.3, -0.25) is 13.9 Å². The minimum Gasteiger partial charge on any atom is -0.497 e. The van der Waals surface area contributed by atoms with Gasteiger partial charge < -0.3 is 24.4 Å². The van der Waals surface area contributed by atoms with E-state index in [9.17, 15) is 18.0 Å². The number of amides is 2. The first kappa shape index (κ1) is 27.1. The van der Waals surface area contributed by atoms with E-state index in [1.807, 2.05) is 6.07 Å². The molecular formula is C25H33N3O7S. The van der Waals surface area contributed by atoms with Gasteiger partial charge in [-0.15, -0.1) is 0 Å². The summed E-state index contributed by atoms with van der Waals surface area (Å²) in [4.78, 5) is 27.8. The van der Waals surface area contributed by atoms with Crippen molar-refractivity contribution in [2.24, 2.45) is 0 Å². The number of likely N-dealkylation sites (N-methyl/N-ethyl adjacent to an activating group) is 1. The second kappa shape index (κ2) is 12.0. The van der Waals surface area contributed by atoms with Crippen LogP contribution in [0.3, 0.4) is 0 Å². The molecule has 1 N–H and O–H groups in total. The summed E-state index contributed by atoms with van der Waals surface area (Å²) in [6.45, 7) is 3.68. The molecule has 0 fully saturated rings. The second-order valence-corrected chi connectivity index (χ2v) is 10.3. The summed E-state index contributed by atoms with van der Waals surface area (Å²) < 4.78 is 43.7. The number of nitrogens with one attached hydrogen (secondary N) is 1. The third kappa shape index (κ3) is 6.20. The molecule has 2 aromatic carbocycles. The number of sulfonamides is 1. The summed E-state index contributed by atoms with van der Waals surface area (Å²) in [6.07, 6.45) is 0.347. The van der Waals surface area contributed by atoms with E-state index in [1.165, 1.54) is 18.9 Å². The minimum absolute atomic E-state index is 0.100. The number of carbonyl (C=O) groups excluding carboxylic acids is 2. The highest BCUT2D eigenvalue weighted by Crippen LogP contribution is 2.35. The number of nitrogens with zero attached hydrogens (tertiary/aromatic N) is 2. The Bertz CT molecular complexity index is 1190. The zero-order valence-electron chi connectivity index (χ0n) is 21.0. The minimum atomic E-state index is -3.84. The molecule has 1 aliphatic rings. The molecule has 2 aromatic rings. The topological polar surface area (TPSA) is 114 Å². The fourth-order valence-corrected chi connectivity index (χ4v) is 5.01. The van der Waals surface area contributed by atoms with Gasteiger partial charge in [-0.25, -0.2) is 8.42 Å². The lowest BCUT2D eigenvalue weighted by Gasteiger charge is -2.33. The van der Waals surface area contributed by atoms with E-state index in [0.717, 1.165) is 9.87 Å². The molecule has 10 nitrogen and oxygen atoms in total. The normalized spacial score (nSPS) is 13.4. The van der Waals surface area contributed by atoms with Crippen LogP contribution in [0.25, 0.3) is 0 Å². The largest absolute Gasteiger partial charge is 0.497 e. The van der Waals surface area contributed by atoms with Gasteiger partial charge in [-0.1, -0.05) is 19.1 Å².